The van der Waals surface area contributed by atoms with Crippen molar-refractivity contribution in [1.29, 1.82) is 0 Å². The van der Waals surface area contributed by atoms with Crippen molar-refractivity contribution >= 4 is 17.7 Å². The molecule has 0 aliphatic carbocycles. The van der Waals surface area contributed by atoms with Crippen LogP contribution in [-0.2, 0) is 0 Å². The molecule has 0 aliphatic heterocycles. The number of nitrogens with one attached hydrogen (secondary N) is 1. The zero-order chi connectivity index (χ0) is 13.0. The summed E-state index contributed by atoms with van der Waals surface area (Å²) in [5, 5.41) is 11.6. The lowest BCUT2D eigenvalue weighted by molar-refractivity contribution is 0.0698. The molecule has 1 aromatic carbocycles. The van der Waals surface area contributed by atoms with Crippen LogP contribution in [0.4, 0.5) is 10.5 Å². The normalized spacial score (nSPS) is 9.82. The highest BCUT2D eigenvalue weighted by Crippen LogP contribution is 2.17. The van der Waals surface area contributed by atoms with Gasteiger partial charge in [-0.3, -0.25) is 0 Å². The van der Waals surface area contributed by atoms with Gasteiger partial charge >= 0.3 is 12.0 Å². The molecule has 17 heavy (non-hydrogen) atoms. The van der Waals surface area contributed by atoms with Crippen LogP contribution < -0.4 is 5.32 Å². The van der Waals surface area contributed by atoms with E-state index in [9.17, 15) is 9.59 Å². The van der Waals surface area contributed by atoms with Gasteiger partial charge in [0.15, 0.2) is 0 Å². The number of hydrogen-bond acceptors (Lipinski definition) is 2. The summed E-state index contributed by atoms with van der Waals surface area (Å²) in [5.74, 6) is -1.05. The standard InChI is InChI=1S/C12H16N2O3/c1-4-14(3)12(17)13-10-6-5-8(2)7-9(10)11(15)16/h5-7H,4H2,1-3H3,(H,13,17)(H,15,16). The zero-order valence-electron chi connectivity index (χ0n) is 10.2. The summed E-state index contributed by atoms with van der Waals surface area (Å²) in [6.45, 7) is 4.20. The Hall–Kier alpha value is -2.04. The summed E-state index contributed by atoms with van der Waals surface area (Å²) in [7, 11) is 1.64. The topological polar surface area (TPSA) is 69.6 Å². The number of aromatic carboxylic acids is 1. The van der Waals surface area contributed by atoms with Gasteiger partial charge in [-0.15, -0.1) is 0 Å². The number of urea groups is 1. The van der Waals surface area contributed by atoms with E-state index in [2.05, 4.69) is 5.32 Å². The molecule has 0 fully saturated rings. The molecule has 0 bridgehead atoms. The summed E-state index contributed by atoms with van der Waals surface area (Å²) < 4.78 is 0. The highest BCUT2D eigenvalue weighted by atomic mass is 16.4. The van der Waals surface area contributed by atoms with Crippen molar-refractivity contribution in [1.82, 2.24) is 4.90 Å². The molecule has 1 aromatic rings. The number of carboxylic acid groups (broad SMARTS) is 1. The largest absolute Gasteiger partial charge is 0.478 e. The molecule has 2 N–H and O–H groups in total. The minimum atomic E-state index is -1.05. The van der Waals surface area contributed by atoms with Crippen LogP contribution in [0, 0.1) is 6.92 Å². The fraction of sp³-hybridized carbons (Fsp3) is 0.333. The Kier molecular flexibility index (Phi) is 4.09. The number of carbonyl (C=O) groups excluding carboxylic acids is 1. The van der Waals surface area contributed by atoms with Crippen LogP contribution in [0.3, 0.4) is 0 Å². The third kappa shape index (κ3) is 3.21. The number of benzene rings is 1. The molecular weight excluding hydrogens is 220 g/mol. The lowest BCUT2D eigenvalue weighted by Gasteiger charge is -2.16. The zero-order valence-corrected chi connectivity index (χ0v) is 10.2. The molecule has 1 rings (SSSR count). The molecule has 0 unspecified atom stereocenters. The molecular formula is C12H16N2O3. The number of aryl methyl sites for hydroxylation is 1. The average Bonchev–Trinajstić information content (AvgIpc) is 2.29. The lowest BCUT2D eigenvalue weighted by atomic mass is 10.1. The third-order valence-electron chi connectivity index (χ3n) is 2.47. The molecule has 0 saturated heterocycles. The number of rotatable bonds is 3. The molecule has 0 saturated carbocycles. The number of amides is 2. The summed E-state index contributed by atoms with van der Waals surface area (Å²) in [5.41, 5.74) is 1.25. The summed E-state index contributed by atoms with van der Waals surface area (Å²) in [4.78, 5) is 24.1. The molecule has 0 atom stereocenters. The molecule has 5 heteroatoms. The first-order valence-corrected chi connectivity index (χ1v) is 5.31. The second-order valence-corrected chi connectivity index (χ2v) is 3.80. The van der Waals surface area contributed by atoms with Crippen LogP contribution in [-0.4, -0.2) is 35.6 Å². The molecule has 0 aromatic heterocycles. The van der Waals surface area contributed by atoms with Gasteiger partial charge in [0.2, 0.25) is 0 Å². The van der Waals surface area contributed by atoms with Crippen LogP contribution in [0.2, 0.25) is 0 Å². The van der Waals surface area contributed by atoms with Gasteiger partial charge < -0.3 is 15.3 Å². The maximum atomic E-state index is 11.6. The Morgan fingerprint density at radius 1 is 1.41 bits per heavy atom. The average molecular weight is 236 g/mol. The van der Waals surface area contributed by atoms with Gasteiger partial charge in [0, 0.05) is 13.6 Å². The second-order valence-electron chi connectivity index (χ2n) is 3.80. The minimum absolute atomic E-state index is 0.0999. The summed E-state index contributed by atoms with van der Waals surface area (Å²) >= 11 is 0. The van der Waals surface area contributed by atoms with Crippen molar-refractivity contribution in [3.8, 4) is 0 Å². The summed E-state index contributed by atoms with van der Waals surface area (Å²) in [6, 6.07) is 4.57. The fourth-order valence-corrected chi connectivity index (χ4v) is 1.30. The minimum Gasteiger partial charge on any atom is -0.478 e. The van der Waals surface area contributed by atoms with Gasteiger partial charge in [0.25, 0.3) is 0 Å². The van der Waals surface area contributed by atoms with Crippen molar-refractivity contribution in [2.24, 2.45) is 0 Å². The monoisotopic (exact) mass is 236 g/mol. The third-order valence-corrected chi connectivity index (χ3v) is 2.47. The highest BCUT2D eigenvalue weighted by molar-refractivity contribution is 6.00. The molecule has 0 spiro atoms. The van der Waals surface area contributed by atoms with Crippen molar-refractivity contribution < 1.29 is 14.7 Å². The van der Waals surface area contributed by atoms with E-state index in [4.69, 9.17) is 5.11 Å². The number of nitrogens with zero attached hydrogens (tertiary/aromatic N) is 1. The van der Waals surface area contributed by atoms with Crippen LogP contribution in [0.1, 0.15) is 22.8 Å². The van der Waals surface area contributed by atoms with E-state index in [1.54, 1.807) is 26.1 Å². The van der Waals surface area contributed by atoms with Crippen LogP contribution in [0.25, 0.3) is 0 Å². The molecule has 0 aliphatic rings. The van der Waals surface area contributed by atoms with Crippen LogP contribution in [0.15, 0.2) is 18.2 Å². The molecule has 0 radical (unpaired) electrons. The predicted octanol–water partition coefficient (Wildman–Crippen LogP) is 2.18. The Balaban J connectivity index is 2.98. The Morgan fingerprint density at radius 3 is 2.59 bits per heavy atom. The van der Waals surface area contributed by atoms with Crippen molar-refractivity contribution in [2.45, 2.75) is 13.8 Å². The molecule has 2 amide bonds. The number of hydrogen-bond donors (Lipinski definition) is 2. The Morgan fingerprint density at radius 2 is 2.06 bits per heavy atom. The van der Waals surface area contributed by atoms with E-state index in [0.717, 1.165) is 5.56 Å². The van der Waals surface area contributed by atoms with Crippen LogP contribution in [0.5, 0.6) is 0 Å². The first-order valence-electron chi connectivity index (χ1n) is 5.31. The van der Waals surface area contributed by atoms with Gasteiger partial charge in [-0.2, -0.15) is 0 Å². The van der Waals surface area contributed by atoms with E-state index in [0.29, 0.717) is 12.2 Å². The Bertz CT molecular complexity index is 443. The van der Waals surface area contributed by atoms with Crippen molar-refractivity contribution in [3.05, 3.63) is 29.3 Å². The van der Waals surface area contributed by atoms with Gasteiger partial charge in [0.05, 0.1) is 11.3 Å². The van der Waals surface area contributed by atoms with E-state index in [1.807, 2.05) is 6.92 Å². The molecule has 92 valence electrons. The second kappa shape index (κ2) is 5.34. The van der Waals surface area contributed by atoms with E-state index in [-0.39, 0.29) is 11.6 Å². The van der Waals surface area contributed by atoms with Crippen LogP contribution >= 0.6 is 0 Å². The van der Waals surface area contributed by atoms with Gasteiger partial charge in [-0.05, 0) is 26.0 Å². The highest BCUT2D eigenvalue weighted by Gasteiger charge is 2.14. The van der Waals surface area contributed by atoms with Gasteiger partial charge in [0.1, 0.15) is 0 Å². The lowest BCUT2D eigenvalue weighted by Crippen LogP contribution is -2.31. The predicted molar refractivity (Wildman–Crippen MR) is 65.5 cm³/mol. The first kappa shape index (κ1) is 13.0. The smallest absolute Gasteiger partial charge is 0.337 e. The first-order chi connectivity index (χ1) is 7.95. The van der Waals surface area contributed by atoms with Gasteiger partial charge in [-0.25, -0.2) is 9.59 Å². The van der Waals surface area contributed by atoms with Crippen molar-refractivity contribution in [2.75, 3.05) is 18.9 Å². The van der Waals surface area contributed by atoms with E-state index in [1.165, 1.54) is 11.0 Å². The van der Waals surface area contributed by atoms with E-state index >= 15 is 0 Å². The number of carboxylic acids is 1. The number of anilines is 1. The fourth-order valence-electron chi connectivity index (χ4n) is 1.30. The Labute approximate surface area is 100 Å². The maximum Gasteiger partial charge on any atom is 0.337 e. The van der Waals surface area contributed by atoms with Crippen molar-refractivity contribution in [3.63, 3.8) is 0 Å². The quantitative estimate of drug-likeness (QED) is 0.845. The summed E-state index contributed by atoms with van der Waals surface area (Å²) in [6.07, 6.45) is 0. The maximum absolute atomic E-state index is 11.6. The van der Waals surface area contributed by atoms with Gasteiger partial charge in [-0.1, -0.05) is 11.6 Å². The SMILES string of the molecule is CCN(C)C(=O)Nc1ccc(C)cc1C(=O)O. The molecule has 5 nitrogen and oxygen atoms in total. The molecule has 0 heterocycles. The van der Waals surface area contributed by atoms with E-state index < -0.39 is 5.97 Å². The number of carbonyl (C=O) groups is 2.